The number of furan rings is 1. The van der Waals surface area contributed by atoms with E-state index >= 15 is 0 Å². The lowest BCUT2D eigenvalue weighted by molar-refractivity contribution is 0.102. The van der Waals surface area contributed by atoms with E-state index in [0.29, 0.717) is 34.0 Å². The van der Waals surface area contributed by atoms with Crippen molar-refractivity contribution in [2.75, 3.05) is 17.2 Å². The van der Waals surface area contributed by atoms with Crippen LogP contribution in [0.15, 0.2) is 59.2 Å². The lowest BCUT2D eigenvalue weighted by Gasteiger charge is -2.10. The Labute approximate surface area is 170 Å². The minimum absolute atomic E-state index is 0.216. The van der Waals surface area contributed by atoms with Gasteiger partial charge in [0.1, 0.15) is 5.82 Å². The van der Waals surface area contributed by atoms with Crippen molar-refractivity contribution in [3.05, 3.63) is 66.2 Å². The van der Waals surface area contributed by atoms with Gasteiger partial charge in [-0.3, -0.25) is 10.1 Å². The van der Waals surface area contributed by atoms with Crippen molar-refractivity contribution in [2.45, 2.75) is 6.92 Å². The third-order valence-corrected chi connectivity index (χ3v) is 4.22. The minimum Gasteiger partial charge on any atom is -0.461 e. The van der Waals surface area contributed by atoms with Gasteiger partial charge >= 0.3 is 6.09 Å². The molecule has 0 unspecified atom stereocenters. The van der Waals surface area contributed by atoms with E-state index in [1.807, 2.05) is 0 Å². The summed E-state index contributed by atoms with van der Waals surface area (Å²) in [6.07, 6.45) is 0.891. The van der Waals surface area contributed by atoms with E-state index in [4.69, 9.17) is 9.15 Å². The summed E-state index contributed by atoms with van der Waals surface area (Å²) >= 11 is 0. The van der Waals surface area contributed by atoms with Gasteiger partial charge in [-0.1, -0.05) is 0 Å². The molecule has 0 saturated heterocycles. The molecule has 0 saturated carbocycles. The van der Waals surface area contributed by atoms with Crippen LogP contribution in [0.5, 0.6) is 0 Å². The van der Waals surface area contributed by atoms with Crippen LogP contribution in [0, 0.1) is 5.82 Å². The first-order valence-corrected chi connectivity index (χ1v) is 9.12. The average Bonchev–Trinajstić information content (AvgIpc) is 3.38. The number of benzene rings is 2. The highest BCUT2D eigenvalue weighted by Crippen LogP contribution is 2.30. The summed E-state index contributed by atoms with van der Waals surface area (Å²) in [5.41, 5.74) is 2.06. The summed E-state index contributed by atoms with van der Waals surface area (Å²) in [7, 11) is 0. The number of hydrogen-bond donors (Lipinski definition) is 3. The largest absolute Gasteiger partial charge is 0.461 e. The summed E-state index contributed by atoms with van der Waals surface area (Å²) in [6.45, 7) is 1.91. The van der Waals surface area contributed by atoms with E-state index < -0.39 is 17.8 Å². The van der Waals surface area contributed by atoms with Gasteiger partial charge in [-0.2, -0.15) is 0 Å². The molecule has 2 amide bonds. The molecule has 8 nitrogen and oxygen atoms in total. The molecule has 0 atom stereocenters. The third-order valence-electron chi connectivity index (χ3n) is 4.22. The molecule has 30 heavy (non-hydrogen) atoms. The first kappa shape index (κ1) is 19.2. The zero-order chi connectivity index (χ0) is 21.1. The van der Waals surface area contributed by atoms with Crippen LogP contribution in [0.1, 0.15) is 17.3 Å². The van der Waals surface area contributed by atoms with Crippen molar-refractivity contribution >= 4 is 34.4 Å². The van der Waals surface area contributed by atoms with Gasteiger partial charge in [0.15, 0.2) is 11.6 Å². The number of H-pyrrole nitrogens is 1. The average molecular weight is 408 g/mol. The predicted octanol–water partition coefficient (Wildman–Crippen LogP) is 4.78. The Kier molecular flexibility index (Phi) is 5.17. The molecule has 0 radical (unpaired) electrons. The Morgan fingerprint density at radius 1 is 1.17 bits per heavy atom. The zero-order valence-electron chi connectivity index (χ0n) is 15.9. The van der Waals surface area contributed by atoms with Crippen LogP contribution in [-0.2, 0) is 4.74 Å². The van der Waals surface area contributed by atoms with Gasteiger partial charge in [0.25, 0.3) is 5.91 Å². The number of aromatic amines is 1. The van der Waals surface area contributed by atoms with Crippen LogP contribution in [0.4, 0.5) is 20.6 Å². The maximum Gasteiger partial charge on any atom is 0.411 e. The minimum atomic E-state index is -0.630. The highest BCUT2D eigenvalue weighted by Gasteiger charge is 2.16. The van der Waals surface area contributed by atoms with Crippen LogP contribution in [0.2, 0.25) is 0 Å². The van der Waals surface area contributed by atoms with E-state index in [0.717, 1.165) is 0 Å². The van der Waals surface area contributed by atoms with Crippen LogP contribution < -0.4 is 10.6 Å². The number of anilines is 2. The van der Waals surface area contributed by atoms with Crippen molar-refractivity contribution in [3.63, 3.8) is 0 Å². The lowest BCUT2D eigenvalue weighted by Crippen LogP contribution is -2.15. The number of carbonyl (C=O) groups is 2. The van der Waals surface area contributed by atoms with Crippen LogP contribution in [0.3, 0.4) is 0 Å². The summed E-state index contributed by atoms with van der Waals surface area (Å²) < 4.78 is 23.4. The van der Waals surface area contributed by atoms with E-state index in [1.165, 1.54) is 30.5 Å². The number of halogens is 1. The van der Waals surface area contributed by atoms with Crippen molar-refractivity contribution in [1.82, 2.24) is 9.97 Å². The Morgan fingerprint density at radius 3 is 2.67 bits per heavy atom. The molecule has 152 valence electrons. The summed E-state index contributed by atoms with van der Waals surface area (Å²) in [6, 6.07) is 11.9. The maximum absolute atomic E-state index is 13.2. The van der Waals surface area contributed by atoms with Gasteiger partial charge in [0, 0.05) is 11.3 Å². The van der Waals surface area contributed by atoms with E-state index in [2.05, 4.69) is 20.6 Å². The number of imidazole rings is 1. The number of hydrogen-bond acceptors (Lipinski definition) is 5. The van der Waals surface area contributed by atoms with Crippen molar-refractivity contribution in [3.8, 4) is 11.6 Å². The molecular weight excluding hydrogens is 391 g/mol. The molecular formula is C21H17FN4O4. The molecule has 0 aliphatic rings. The Hall–Kier alpha value is -4.14. The molecule has 0 aliphatic heterocycles. The lowest BCUT2D eigenvalue weighted by atomic mass is 10.2. The summed E-state index contributed by atoms with van der Waals surface area (Å²) in [4.78, 5) is 32.1. The topological polar surface area (TPSA) is 109 Å². The highest BCUT2D eigenvalue weighted by molar-refractivity contribution is 6.09. The van der Waals surface area contributed by atoms with Crippen LogP contribution >= 0.6 is 0 Å². The number of carbonyl (C=O) groups excluding carboxylic acids is 2. The van der Waals surface area contributed by atoms with Crippen molar-refractivity contribution < 1.29 is 23.1 Å². The second kappa shape index (κ2) is 8.08. The Morgan fingerprint density at radius 2 is 1.97 bits per heavy atom. The summed E-state index contributed by atoms with van der Waals surface area (Å²) in [5.74, 6) is 0.0902. The van der Waals surface area contributed by atoms with Gasteiger partial charge in [-0.25, -0.2) is 14.2 Å². The van der Waals surface area contributed by atoms with Gasteiger partial charge in [0.2, 0.25) is 0 Å². The fourth-order valence-electron chi connectivity index (χ4n) is 2.89. The number of rotatable bonds is 5. The molecule has 4 aromatic rings. The van der Waals surface area contributed by atoms with Gasteiger partial charge in [-0.05, 0) is 55.5 Å². The van der Waals surface area contributed by atoms with Crippen molar-refractivity contribution in [1.29, 1.82) is 0 Å². The van der Waals surface area contributed by atoms with Crippen LogP contribution in [0.25, 0.3) is 22.6 Å². The number of amides is 2. The van der Waals surface area contributed by atoms with Gasteiger partial charge in [0.05, 0.1) is 29.6 Å². The molecule has 3 N–H and O–H groups in total. The number of aromatic nitrogens is 2. The zero-order valence-corrected chi connectivity index (χ0v) is 15.9. The van der Waals surface area contributed by atoms with Gasteiger partial charge in [-0.15, -0.1) is 0 Å². The number of nitrogens with one attached hydrogen (secondary N) is 3. The van der Waals surface area contributed by atoms with Crippen LogP contribution in [-0.4, -0.2) is 28.6 Å². The SMILES string of the molecule is CCOC(=O)Nc1cc(NC(=O)c2ccc(F)cc2)c2[nH]c(-c3ccco3)nc2c1. The molecule has 0 bridgehead atoms. The fraction of sp³-hybridized carbons (Fsp3) is 0.0952. The Balaban J connectivity index is 1.73. The smallest absolute Gasteiger partial charge is 0.411 e. The number of ether oxygens (including phenoxy) is 1. The first-order valence-electron chi connectivity index (χ1n) is 9.12. The molecule has 4 rings (SSSR count). The van der Waals surface area contributed by atoms with E-state index in [-0.39, 0.29) is 12.2 Å². The maximum atomic E-state index is 13.2. The second-order valence-corrected chi connectivity index (χ2v) is 6.29. The molecule has 0 aliphatic carbocycles. The normalized spacial score (nSPS) is 10.7. The predicted molar refractivity (Wildman–Crippen MR) is 109 cm³/mol. The summed E-state index contributed by atoms with van der Waals surface area (Å²) in [5, 5.41) is 5.37. The molecule has 2 aromatic carbocycles. The quantitative estimate of drug-likeness (QED) is 0.440. The second-order valence-electron chi connectivity index (χ2n) is 6.29. The number of fused-ring (bicyclic) bond motifs is 1. The molecule has 2 heterocycles. The molecule has 2 aromatic heterocycles. The van der Waals surface area contributed by atoms with E-state index in [1.54, 1.807) is 31.2 Å². The van der Waals surface area contributed by atoms with Gasteiger partial charge < -0.3 is 19.5 Å². The fourth-order valence-corrected chi connectivity index (χ4v) is 2.89. The number of nitrogens with zero attached hydrogens (tertiary/aromatic N) is 1. The third kappa shape index (κ3) is 4.00. The Bertz CT molecular complexity index is 1200. The highest BCUT2D eigenvalue weighted by atomic mass is 19.1. The molecule has 0 spiro atoms. The molecule has 9 heteroatoms. The molecule has 0 fully saturated rings. The standard InChI is InChI=1S/C21H17FN4O4/c1-2-29-21(28)23-14-10-15-18(26-19(24-15)17-4-3-9-30-17)16(11-14)25-20(27)12-5-7-13(22)8-6-12/h3-11H,2H2,1H3,(H,23,28)(H,24,26)(H,25,27). The first-order chi connectivity index (χ1) is 14.5. The van der Waals surface area contributed by atoms with Crippen molar-refractivity contribution in [2.24, 2.45) is 0 Å². The monoisotopic (exact) mass is 408 g/mol. The van der Waals surface area contributed by atoms with E-state index in [9.17, 15) is 14.0 Å².